The number of thioether (sulfide) groups is 1. The van der Waals surface area contributed by atoms with E-state index >= 15 is 0 Å². The van der Waals surface area contributed by atoms with Crippen molar-refractivity contribution in [3.05, 3.63) is 10.6 Å². The summed E-state index contributed by atoms with van der Waals surface area (Å²) in [4.78, 5) is 23.0. The highest BCUT2D eigenvalue weighted by Gasteiger charge is 2.42. The van der Waals surface area contributed by atoms with Gasteiger partial charge in [-0.05, 0) is 19.8 Å². The molecule has 0 spiro atoms. The van der Waals surface area contributed by atoms with Crippen LogP contribution < -0.4 is 5.32 Å². The van der Waals surface area contributed by atoms with E-state index in [-0.39, 0.29) is 11.8 Å². The number of nitrogens with one attached hydrogen (secondary N) is 1. The molecule has 7 nitrogen and oxygen atoms in total. The molecule has 2 aliphatic heterocycles. The van der Waals surface area contributed by atoms with Crippen molar-refractivity contribution >= 4 is 23.7 Å². The van der Waals surface area contributed by atoms with Gasteiger partial charge in [-0.15, -0.1) is 0 Å². The van der Waals surface area contributed by atoms with Crippen LogP contribution in [0.4, 0.5) is 0 Å². The van der Waals surface area contributed by atoms with E-state index in [9.17, 15) is 24.9 Å². The van der Waals surface area contributed by atoms with Gasteiger partial charge in [0.25, 0.3) is 0 Å². The molecule has 1 fully saturated rings. The van der Waals surface area contributed by atoms with Crippen LogP contribution in [0.25, 0.3) is 0 Å². The molecule has 2 heterocycles. The lowest BCUT2D eigenvalue weighted by Gasteiger charge is -2.22. The van der Waals surface area contributed by atoms with Gasteiger partial charge in [0, 0.05) is 11.5 Å². The van der Waals surface area contributed by atoms with Gasteiger partial charge in [-0.1, -0.05) is 11.8 Å². The summed E-state index contributed by atoms with van der Waals surface area (Å²) in [6.07, 6.45) is 0.189. The minimum atomic E-state index is -1.16. The number of aliphatic hydroxyl groups is 1. The van der Waals surface area contributed by atoms with E-state index in [0.717, 1.165) is 24.6 Å². The smallest absolute Gasteiger partial charge is 0.352 e. The molecule has 0 radical (unpaired) electrons. The maximum Gasteiger partial charge on any atom is 0.352 e. The molecule has 1 saturated heterocycles. The van der Waals surface area contributed by atoms with Crippen LogP contribution in [0.1, 0.15) is 19.8 Å². The topological polar surface area (TPSA) is 116 Å². The molecule has 0 aliphatic carbocycles. The minimum Gasteiger partial charge on any atom is -0.481 e. The highest BCUT2D eigenvalue weighted by molar-refractivity contribution is 8.04. The van der Waals surface area contributed by atoms with Crippen molar-refractivity contribution in [2.24, 2.45) is 5.92 Å². The summed E-state index contributed by atoms with van der Waals surface area (Å²) in [6, 6.07) is 0. The van der Waals surface area contributed by atoms with Crippen LogP contribution in [0, 0.1) is 5.92 Å². The first kappa shape index (κ1) is 15.1. The molecule has 20 heavy (non-hydrogen) atoms. The van der Waals surface area contributed by atoms with Gasteiger partial charge in [0.15, 0.2) is 0 Å². The molecular formula is C12H17NO6S. The quantitative estimate of drug-likeness (QED) is 0.569. The second-order valence-electron chi connectivity index (χ2n) is 4.83. The minimum absolute atomic E-state index is 0.0150. The van der Waals surface area contributed by atoms with Crippen LogP contribution in [0.3, 0.4) is 0 Å². The Morgan fingerprint density at radius 2 is 2.15 bits per heavy atom. The van der Waals surface area contributed by atoms with Crippen LogP contribution >= 0.6 is 11.8 Å². The van der Waals surface area contributed by atoms with Crippen molar-refractivity contribution in [2.45, 2.75) is 37.3 Å². The molecule has 0 saturated carbocycles. The molecule has 0 amide bonds. The fraction of sp³-hybridized carbons (Fsp3) is 0.667. The lowest BCUT2D eigenvalue weighted by atomic mass is 10.0. The summed E-state index contributed by atoms with van der Waals surface area (Å²) in [6.45, 7) is 1.95. The Morgan fingerprint density at radius 1 is 1.45 bits per heavy atom. The van der Waals surface area contributed by atoms with Crippen LogP contribution in [0.15, 0.2) is 10.6 Å². The number of carboxylic acids is 2. The van der Waals surface area contributed by atoms with Gasteiger partial charge >= 0.3 is 11.9 Å². The Kier molecular flexibility index (Phi) is 4.56. The largest absolute Gasteiger partial charge is 0.481 e. The third kappa shape index (κ3) is 2.92. The van der Waals surface area contributed by atoms with Gasteiger partial charge in [0.2, 0.25) is 0 Å². The van der Waals surface area contributed by atoms with E-state index in [2.05, 4.69) is 5.32 Å². The van der Waals surface area contributed by atoms with Crippen LogP contribution in [0.5, 0.6) is 0 Å². The van der Waals surface area contributed by atoms with Crippen molar-refractivity contribution in [2.75, 3.05) is 6.61 Å². The summed E-state index contributed by atoms with van der Waals surface area (Å²) >= 11 is 1.13. The number of carbonyl (C=O) groups is 2. The zero-order valence-corrected chi connectivity index (χ0v) is 11.7. The first-order chi connectivity index (χ1) is 9.41. The first-order valence-electron chi connectivity index (χ1n) is 6.35. The average Bonchev–Trinajstić information content (AvgIpc) is 2.94. The van der Waals surface area contributed by atoms with E-state index in [1.165, 1.54) is 6.92 Å². The Balaban J connectivity index is 2.20. The van der Waals surface area contributed by atoms with Crippen molar-refractivity contribution in [1.82, 2.24) is 5.32 Å². The average molecular weight is 303 g/mol. The first-order valence-corrected chi connectivity index (χ1v) is 7.23. The van der Waals surface area contributed by atoms with Gasteiger partial charge in [0.05, 0.1) is 17.6 Å². The van der Waals surface area contributed by atoms with Crippen molar-refractivity contribution in [1.29, 1.82) is 0 Å². The number of hydrogen-bond donors (Lipinski definition) is 4. The molecule has 4 atom stereocenters. The van der Waals surface area contributed by atoms with Crippen LogP contribution in [-0.4, -0.2) is 51.4 Å². The number of ether oxygens (including phenoxy) is 1. The van der Waals surface area contributed by atoms with Gasteiger partial charge in [-0.3, -0.25) is 4.79 Å². The van der Waals surface area contributed by atoms with Gasteiger partial charge in [-0.2, -0.15) is 0 Å². The summed E-state index contributed by atoms with van der Waals surface area (Å²) in [5.41, 5.74) is -0.0150. The summed E-state index contributed by atoms with van der Waals surface area (Å²) < 4.78 is 5.47. The zero-order chi connectivity index (χ0) is 14.9. The van der Waals surface area contributed by atoms with Crippen LogP contribution in [0.2, 0.25) is 0 Å². The van der Waals surface area contributed by atoms with E-state index in [1.54, 1.807) is 0 Å². The number of aliphatic hydroxyl groups excluding tert-OH is 1. The molecule has 0 aromatic carbocycles. The molecular weight excluding hydrogens is 286 g/mol. The lowest BCUT2D eigenvalue weighted by molar-refractivity contribution is -0.145. The fourth-order valence-electron chi connectivity index (χ4n) is 2.38. The summed E-state index contributed by atoms with van der Waals surface area (Å²) in [5.74, 6) is -3.39. The molecule has 0 bridgehead atoms. The van der Waals surface area contributed by atoms with E-state index in [1.807, 2.05) is 0 Å². The zero-order valence-electron chi connectivity index (χ0n) is 10.9. The lowest BCUT2D eigenvalue weighted by Crippen LogP contribution is -2.41. The Morgan fingerprint density at radius 3 is 2.60 bits per heavy atom. The van der Waals surface area contributed by atoms with Gasteiger partial charge in [-0.25, -0.2) is 4.79 Å². The second kappa shape index (κ2) is 6.02. The number of hydrogen-bond acceptors (Lipinski definition) is 6. The summed E-state index contributed by atoms with van der Waals surface area (Å²) in [5, 5.41) is 30.0. The molecule has 4 N–H and O–H groups in total. The number of aliphatic carboxylic acids is 2. The number of carboxylic acid groups (broad SMARTS) is 2. The third-order valence-electron chi connectivity index (χ3n) is 3.35. The Bertz CT molecular complexity index is 443. The monoisotopic (exact) mass is 303 g/mol. The van der Waals surface area contributed by atoms with E-state index < -0.39 is 29.3 Å². The number of rotatable bonds is 5. The molecule has 2 aliphatic rings. The standard InChI is InChI=1S/C12H17NO6S/c1-5(14)7(11(15)16)10-13-8(12(17)18)9(20-10)6-3-2-4-19-6/h5-7,10,13-14H,2-4H2,1H3,(H,15,16)(H,17,18)/t5-,6-,7?,10+/m1/s1. The molecule has 8 heteroatoms. The van der Waals surface area contributed by atoms with Crippen molar-refractivity contribution in [3.63, 3.8) is 0 Å². The predicted molar refractivity (Wildman–Crippen MR) is 71.0 cm³/mol. The van der Waals surface area contributed by atoms with Gasteiger partial charge in [0.1, 0.15) is 11.6 Å². The second-order valence-corrected chi connectivity index (χ2v) is 6.02. The molecule has 2 rings (SSSR count). The third-order valence-corrected chi connectivity index (χ3v) is 4.74. The molecule has 1 unspecified atom stereocenters. The maximum absolute atomic E-state index is 11.3. The molecule has 112 valence electrons. The fourth-order valence-corrected chi connectivity index (χ4v) is 3.92. The van der Waals surface area contributed by atoms with Crippen molar-refractivity contribution < 1.29 is 29.6 Å². The van der Waals surface area contributed by atoms with Gasteiger partial charge < -0.3 is 25.4 Å². The summed E-state index contributed by atoms with van der Waals surface area (Å²) in [7, 11) is 0. The van der Waals surface area contributed by atoms with E-state index in [0.29, 0.717) is 11.5 Å². The Labute approximate surface area is 120 Å². The van der Waals surface area contributed by atoms with Crippen LogP contribution in [-0.2, 0) is 14.3 Å². The highest BCUT2D eigenvalue weighted by Crippen LogP contribution is 2.40. The van der Waals surface area contributed by atoms with Crippen molar-refractivity contribution in [3.8, 4) is 0 Å². The molecule has 0 aromatic heterocycles. The predicted octanol–water partition coefficient (Wildman–Crippen LogP) is 0.206. The van der Waals surface area contributed by atoms with E-state index in [4.69, 9.17) is 4.74 Å². The highest BCUT2D eigenvalue weighted by atomic mass is 32.2. The SMILES string of the molecule is C[C@@H](O)C(C(=O)O)[C@H]1NC(C(=O)O)=C([C@H]2CCCO2)S1. The Hall–Kier alpha value is -1.25. The maximum atomic E-state index is 11.3. The molecule has 0 aromatic rings. The normalized spacial score (nSPS) is 29.1.